The van der Waals surface area contributed by atoms with Crippen LogP contribution in [0.25, 0.3) is 0 Å². The summed E-state index contributed by atoms with van der Waals surface area (Å²) in [6.07, 6.45) is 1.80. The molecule has 0 bridgehead atoms. The highest BCUT2D eigenvalue weighted by Gasteiger charge is 2.19. The number of hydrogen-bond donors (Lipinski definition) is 2. The van der Waals surface area contributed by atoms with Crippen molar-refractivity contribution in [2.24, 2.45) is 4.99 Å². The van der Waals surface area contributed by atoms with E-state index in [0.717, 1.165) is 37.9 Å². The van der Waals surface area contributed by atoms with Gasteiger partial charge < -0.3 is 20.0 Å². The summed E-state index contributed by atoms with van der Waals surface area (Å²) in [5.41, 5.74) is -0.0189. The number of oxazole rings is 1. The first-order valence-corrected chi connectivity index (χ1v) is 8.02. The lowest BCUT2D eigenvalue weighted by Gasteiger charge is -2.19. The number of halogens is 1. The third-order valence-corrected chi connectivity index (χ3v) is 3.54. The predicted octanol–water partition coefficient (Wildman–Crippen LogP) is 2.60. The van der Waals surface area contributed by atoms with Crippen molar-refractivity contribution in [2.75, 3.05) is 33.2 Å². The summed E-state index contributed by atoms with van der Waals surface area (Å²) in [5.74, 6) is 2.34. The van der Waals surface area contributed by atoms with Crippen LogP contribution in [0.15, 0.2) is 15.6 Å². The third-order valence-electron chi connectivity index (χ3n) is 3.54. The van der Waals surface area contributed by atoms with E-state index < -0.39 is 0 Å². The molecule has 0 aliphatic heterocycles. The first kappa shape index (κ1) is 22.2. The van der Waals surface area contributed by atoms with E-state index in [-0.39, 0.29) is 29.4 Å². The van der Waals surface area contributed by atoms with Gasteiger partial charge in [-0.05, 0) is 13.1 Å². The number of aromatic nitrogens is 1. The minimum absolute atomic E-state index is 0. The highest BCUT2D eigenvalue weighted by Crippen LogP contribution is 2.22. The summed E-state index contributed by atoms with van der Waals surface area (Å²) in [7, 11) is 1.77. The van der Waals surface area contributed by atoms with Gasteiger partial charge in [-0.3, -0.25) is 4.99 Å². The molecule has 0 aliphatic rings. The molecule has 1 rings (SSSR count). The molecule has 0 atom stereocenters. The second kappa shape index (κ2) is 10.9. The Labute approximate surface area is 157 Å². The van der Waals surface area contributed by atoms with Crippen molar-refractivity contribution in [3.05, 3.63) is 17.8 Å². The Hall–Kier alpha value is -0.830. The van der Waals surface area contributed by atoms with E-state index in [1.54, 1.807) is 13.2 Å². The largest absolute Gasteiger partial charge is 0.443 e. The second-order valence-corrected chi connectivity index (χ2v) is 6.25. The number of guanidine groups is 1. The van der Waals surface area contributed by atoms with Gasteiger partial charge in [-0.1, -0.05) is 34.6 Å². The average Bonchev–Trinajstić information content (AvgIpc) is 2.96. The van der Waals surface area contributed by atoms with Crippen molar-refractivity contribution in [2.45, 2.75) is 46.6 Å². The molecule has 0 amide bonds. The highest BCUT2D eigenvalue weighted by molar-refractivity contribution is 14.0. The molecular weight excluding hydrogens is 405 g/mol. The van der Waals surface area contributed by atoms with Gasteiger partial charge in [0.1, 0.15) is 5.76 Å². The van der Waals surface area contributed by atoms with Crippen LogP contribution >= 0.6 is 24.0 Å². The molecule has 0 aliphatic carbocycles. The fourth-order valence-electron chi connectivity index (χ4n) is 1.99. The van der Waals surface area contributed by atoms with Crippen LogP contribution in [0.1, 0.15) is 46.3 Å². The Kier molecular flexibility index (Phi) is 10.5. The summed E-state index contributed by atoms with van der Waals surface area (Å²) in [5, 5.41) is 6.53. The Morgan fingerprint density at radius 3 is 2.39 bits per heavy atom. The number of rotatable bonds is 7. The molecule has 6 nitrogen and oxygen atoms in total. The molecule has 0 aromatic carbocycles. The molecule has 1 aromatic heterocycles. The first-order valence-electron chi connectivity index (χ1n) is 8.02. The SMILES string of the molecule is CCN(CC)CCNC(=NC)NCc1ncc(C(C)(C)C)o1.I. The summed E-state index contributed by atoms with van der Waals surface area (Å²) < 4.78 is 5.76. The maximum atomic E-state index is 5.76. The van der Waals surface area contributed by atoms with E-state index >= 15 is 0 Å². The molecule has 0 saturated heterocycles. The molecule has 0 spiro atoms. The molecular formula is C16H32IN5O. The van der Waals surface area contributed by atoms with Gasteiger partial charge in [-0.2, -0.15) is 0 Å². The number of nitrogens with zero attached hydrogens (tertiary/aromatic N) is 3. The topological polar surface area (TPSA) is 65.7 Å². The third kappa shape index (κ3) is 8.01. The van der Waals surface area contributed by atoms with Gasteiger partial charge in [-0.15, -0.1) is 24.0 Å². The molecule has 1 aromatic rings. The standard InChI is InChI=1S/C16H31N5O.HI/c1-7-21(8-2)10-9-18-15(17-6)20-12-14-19-11-13(22-14)16(3,4)5;/h11H,7-10,12H2,1-6H3,(H2,17,18,20);1H. The minimum atomic E-state index is -0.0189. The molecule has 0 fully saturated rings. The van der Waals surface area contributed by atoms with Gasteiger partial charge in [0.15, 0.2) is 5.96 Å². The van der Waals surface area contributed by atoms with E-state index in [1.807, 2.05) is 0 Å². The first-order chi connectivity index (χ1) is 10.4. The summed E-state index contributed by atoms with van der Waals surface area (Å²) >= 11 is 0. The number of likely N-dealkylation sites (N-methyl/N-ethyl adjacent to an activating group) is 1. The maximum Gasteiger partial charge on any atom is 0.213 e. The van der Waals surface area contributed by atoms with Gasteiger partial charge in [0.25, 0.3) is 0 Å². The molecule has 1 heterocycles. The second-order valence-electron chi connectivity index (χ2n) is 6.25. The maximum absolute atomic E-state index is 5.76. The zero-order valence-corrected chi connectivity index (χ0v) is 17.6. The van der Waals surface area contributed by atoms with Crippen LogP contribution in [0.4, 0.5) is 0 Å². The number of nitrogens with one attached hydrogen (secondary N) is 2. The zero-order valence-electron chi connectivity index (χ0n) is 15.3. The quantitative estimate of drug-likeness (QED) is 0.390. The Balaban J connectivity index is 0.00000484. The van der Waals surface area contributed by atoms with Crippen molar-refractivity contribution in [3.8, 4) is 0 Å². The lowest BCUT2D eigenvalue weighted by atomic mass is 9.94. The highest BCUT2D eigenvalue weighted by atomic mass is 127. The monoisotopic (exact) mass is 437 g/mol. The van der Waals surface area contributed by atoms with Crippen molar-refractivity contribution < 1.29 is 4.42 Å². The summed E-state index contributed by atoms with van der Waals surface area (Å²) in [6, 6.07) is 0. The van der Waals surface area contributed by atoms with E-state index in [0.29, 0.717) is 12.4 Å². The van der Waals surface area contributed by atoms with Crippen LogP contribution in [0.5, 0.6) is 0 Å². The van der Waals surface area contributed by atoms with Gasteiger partial charge in [0.2, 0.25) is 5.89 Å². The van der Waals surface area contributed by atoms with Crippen molar-refractivity contribution in [1.82, 2.24) is 20.5 Å². The lowest BCUT2D eigenvalue weighted by molar-refractivity contribution is 0.308. The zero-order chi connectivity index (χ0) is 16.6. The molecule has 0 saturated carbocycles. The lowest BCUT2D eigenvalue weighted by Crippen LogP contribution is -2.41. The Bertz CT molecular complexity index is 463. The van der Waals surface area contributed by atoms with Crippen LogP contribution in [-0.2, 0) is 12.0 Å². The smallest absolute Gasteiger partial charge is 0.213 e. The van der Waals surface area contributed by atoms with Crippen molar-refractivity contribution >= 4 is 29.9 Å². The van der Waals surface area contributed by atoms with E-state index in [1.165, 1.54) is 0 Å². The van der Waals surface area contributed by atoms with Crippen molar-refractivity contribution in [1.29, 1.82) is 0 Å². The van der Waals surface area contributed by atoms with Gasteiger partial charge in [0, 0.05) is 25.6 Å². The summed E-state index contributed by atoms with van der Waals surface area (Å²) in [6.45, 7) is 15.2. The summed E-state index contributed by atoms with van der Waals surface area (Å²) in [4.78, 5) is 10.9. The van der Waals surface area contributed by atoms with Crippen LogP contribution in [0.2, 0.25) is 0 Å². The Morgan fingerprint density at radius 1 is 1.26 bits per heavy atom. The minimum Gasteiger partial charge on any atom is -0.443 e. The normalized spacial score (nSPS) is 12.2. The average molecular weight is 437 g/mol. The van der Waals surface area contributed by atoms with Crippen LogP contribution in [-0.4, -0.2) is 49.1 Å². The van der Waals surface area contributed by atoms with Crippen molar-refractivity contribution in [3.63, 3.8) is 0 Å². The van der Waals surface area contributed by atoms with Gasteiger partial charge >= 0.3 is 0 Å². The molecule has 2 N–H and O–H groups in total. The van der Waals surface area contributed by atoms with E-state index in [9.17, 15) is 0 Å². The Morgan fingerprint density at radius 2 is 1.91 bits per heavy atom. The van der Waals surface area contributed by atoms with E-state index in [4.69, 9.17) is 4.42 Å². The number of aliphatic imine (C=N–C) groups is 1. The van der Waals surface area contributed by atoms with E-state index in [2.05, 4.69) is 60.1 Å². The fourth-order valence-corrected chi connectivity index (χ4v) is 1.99. The molecule has 0 radical (unpaired) electrons. The molecule has 23 heavy (non-hydrogen) atoms. The molecule has 0 unspecified atom stereocenters. The predicted molar refractivity (Wildman–Crippen MR) is 107 cm³/mol. The van der Waals surface area contributed by atoms with Crippen LogP contribution in [0, 0.1) is 0 Å². The molecule has 7 heteroatoms. The van der Waals surface area contributed by atoms with Gasteiger partial charge in [-0.25, -0.2) is 4.98 Å². The molecule has 134 valence electrons. The fraction of sp³-hybridized carbons (Fsp3) is 0.750. The van der Waals surface area contributed by atoms with Gasteiger partial charge in [0.05, 0.1) is 12.7 Å². The number of hydrogen-bond acceptors (Lipinski definition) is 4. The van der Waals surface area contributed by atoms with Crippen LogP contribution < -0.4 is 10.6 Å². The van der Waals surface area contributed by atoms with Crippen LogP contribution in [0.3, 0.4) is 0 Å².